The summed E-state index contributed by atoms with van der Waals surface area (Å²) in [6.07, 6.45) is 5.76. The standard InChI is InChI=1S/C35H29N3O3/c39-35(40)25-17-19-32-31(21-25)37-34(38(32)26-12-6-2-7-13-26)24-16-18-29-28(20-24)33(41-27-14-8-3-9-15-27)22-30(36-29)23-10-4-1-5-11-23/h1,3-5,8-11,14-22,26H,2,6-7,12-13H2,(H,39,40). The Kier molecular flexibility index (Phi) is 6.44. The quantitative estimate of drug-likeness (QED) is 0.229. The largest absolute Gasteiger partial charge is 0.478 e. The van der Waals surface area contributed by atoms with Gasteiger partial charge in [0.25, 0.3) is 0 Å². The van der Waals surface area contributed by atoms with Crippen LogP contribution in [0.1, 0.15) is 48.5 Å². The van der Waals surface area contributed by atoms with Crippen molar-refractivity contribution in [3.63, 3.8) is 0 Å². The maximum Gasteiger partial charge on any atom is 0.335 e. The molecular weight excluding hydrogens is 510 g/mol. The first kappa shape index (κ1) is 25.0. The van der Waals surface area contributed by atoms with Crippen molar-refractivity contribution in [1.29, 1.82) is 0 Å². The Morgan fingerprint density at radius 3 is 2.27 bits per heavy atom. The summed E-state index contributed by atoms with van der Waals surface area (Å²) in [4.78, 5) is 21.7. The van der Waals surface area contributed by atoms with Gasteiger partial charge in [-0.05, 0) is 61.4 Å². The van der Waals surface area contributed by atoms with Crippen LogP contribution in [0.15, 0.2) is 103 Å². The number of hydrogen-bond donors (Lipinski definition) is 1. The molecule has 1 N–H and O–H groups in total. The Morgan fingerprint density at radius 1 is 0.756 bits per heavy atom. The average molecular weight is 540 g/mol. The van der Waals surface area contributed by atoms with E-state index in [0.717, 1.165) is 63.4 Å². The number of nitrogens with zero attached hydrogens (tertiary/aromatic N) is 3. The van der Waals surface area contributed by atoms with Crippen molar-refractivity contribution in [2.24, 2.45) is 0 Å². The first-order valence-corrected chi connectivity index (χ1v) is 14.1. The predicted molar refractivity (Wildman–Crippen MR) is 162 cm³/mol. The van der Waals surface area contributed by atoms with Crippen LogP contribution in [0.4, 0.5) is 0 Å². The number of benzene rings is 4. The molecule has 0 atom stereocenters. The minimum Gasteiger partial charge on any atom is -0.478 e. The molecule has 2 aromatic heterocycles. The van der Waals surface area contributed by atoms with Crippen molar-refractivity contribution in [3.8, 4) is 34.1 Å². The Labute approximate surface area is 237 Å². The molecule has 6 aromatic rings. The molecule has 0 bridgehead atoms. The van der Waals surface area contributed by atoms with Crippen molar-refractivity contribution in [2.75, 3.05) is 0 Å². The fourth-order valence-electron chi connectivity index (χ4n) is 5.93. The minimum absolute atomic E-state index is 0.243. The third-order valence-corrected chi connectivity index (χ3v) is 7.95. The van der Waals surface area contributed by atoms with Crippen LogP contribution in [0, 0.1) is 0 Å². The molecule has 6 nitrogen and oxygen atoms in total. The highest BCUT2D eigenvalue weighted by Crippen LogP contribution is 2.39. The molecule has 41 heavy (non-hydrogen) atoms. The lowest BCUT2D eigenvalue weighted by atomic mass is 9.94. The SMILES string of the molecule is O=C(O)c1ccc2c(c1)nc(-c1ccc3nc(-c4ccccc4)cc(Oc4ccccc4)c3c1)n2C1CCCCC1. The highest BCUT2D eigenvalue weighted by Gasteiger charge is 2.24. The van der Waals surface area contributed by atoms with Crippen LogP contribution in [0.3, 0.4) is 0 Å². The number of carbonyl (C=O) groups is 1. The van der Waals surface area contributed by atoms with E-state index in [1.54, 1.807) is 12.1 Å². The van der Waals surface area contributed by atoms with Crippen LogP contribution in [-0.4, -0.2) is 25.6 Å². The predicted octanol–water partition coefficient (Wildman–Crippen LogP) is 8.91. The topological polar surface area (TPSA) is 77.2 Å². The number of fused-ring (bicyclic) bond motifs is 2. The molecule has 0 unspecified atom stereocenters. The van der Waals surface area contributed by atoms with E-state index in [-0.39, 0.29) is 5.56 Å². The molecule has 1 fully saturated rings. The summed E-state index contributed by atoms with van der Waals surface area (Å²) in [7, 11) is 0. The number of ether oxygens (including phenoxy) is 1. The summed E-state index contributed by atoms with van der Waals surface area (Å²) in [6, 6.07) is 33.7. The van der Waals surface area contributed by atoms with Gasteiger partial charge in [0.15, 0.2) is 0 Å². The van der Waals surface area contributed by atoms with Gasteiger partial charge < -0.3 is 14.4 Å². The number of pyridine rings is 1. The van der Waals surface area contributed by atoms with Crippen LogP contribution >= 0.6 is 0 Å². The van der Waals surface area contributed by atoms with Crippen molar-refractivity contribution in [3.05, 3.63) is 109 Å². The lowest BCUT2D eigenvalue weighted by Crippen LogP contribution is -2.14. The summed E-state index contributed by atoms with van der Waals surface area (Å²) in [5, 5.41) is 10.5. The number of para-hydroxylation sites is 1. The van der Waals surface area contributed by atoms with E-state index in [0.29, 0.717) is 11.6 Å². The number of carboxylic acid groups (broad SMARTS) is 1. The van der Waals surface area contributed by atoms with Gasteiger partial charge >= 0.3 is 5.97 Å². The number of carboxylic acids is 1. The van der Waals surface area contributed by atoms with Crippen LogP contribution in [0.25, 0.3) is 44.6 Å². The molecule has 7 rings (SSSR count). The zero-order valence-corrected chi connectivity index (χ0v) is 22.5. The summed E-state index contributed by atoms with van der Waals surface area (Å²) in [5.41, 5.74) is 5.54. The Morgan fingerprint density at radius 2 is 1.51 bits per heavy atom. The monoisotopic (exact) mass is 539 g/mol. The zero-order valence-electron chi connectivity index (χ0n) is 22.5. The van der Waals surface area contributed by atoms with Gasteiger partial charge in [0.05, 0.1) is 27.8 Å². The minimum atomic E-state index is -0.950. The maximum atomic E-state index is 11.7. The first-order valence-electron chi connectivity index (χ1n) is 14.1. The molecule has 4 aromatic carbocycles. The van der Waals surface area contributed by atoms with E-state index in [1.165, 1.54) is 19.3 Å². The molecule has 2 heterocycles. The molecule has 1 aliphatic rings. The third kappa shape index (κ3) is 4.82. The number of aromatic carboxylic acids is 1. The zero-order chi connectivity index (χ0) is 27.8. The summed E-state index contributed by atoms with van der Waals surface area (Å²) < 4.78 is 8.78. The van der Waals surface area contributed by atoms with Crippen molar-refractivity contribution in [2.45, 2.75) is 38.1 Å². The summed E-state index contributed by atoms with van der Waals surface area (Å²) in [6.45, 7) is 0. The van der Waals surface area contributed by atoms with E-state index >= 15 is 0 Å². The lowest BCUT2D eigenvalue weighted by molar-refractivity contribution is 0.0697. The fraction of sp³-hybridized carbons (Fsp3) is 0.171. The molecule has 0 amide bonds. The molecule has 0 radical (unpaired) electrons. The highest BCUT2D eigenvalue weighted by molar-refractivity contribution is 5.95. The summed E-state index contributed by atoms with van der Waals surface area (Å²) >= 11 is 0. The number of imidazole rings is 1. The van der Waals surface area contributed by atoms with Gasteiger partial charge in [-0.25, -0.2) is 14.8 Å². The van der Waals surface area contributed by atoms with E-state index in [2.05, 4.69) is 16.7 Å². The molecule has 0 aliphatic heterocycles. The van der Waals surface area contributed by atoms with Crippen LogP contribution in [0.5, 0.6) is 11.5 Å². The van der Waals surface area contributed by atoms with E-state index in [9.17, 15) is 9.90 Å². The second kappa shape index (κ2) is 10.5. The van der Waals surface area contributed by atoms with Gasteiger partial charge in [-0.15, -0.1) is 0 Å². The van der Waals surface area contributed by atoms with Crippen molar-refractivity contribution >= 4 is 27.9 Å². The Balaban J connectivity index is 1.42. The van der Waals surface area contributed by atoms with E-state index in [1.807, 2.05) is 78.9 Å². The number of rotatable bonds is 6. The normalized spacial score (nSPS) is 14.0. The molecule has 0 saturated heterocycles. The molecule has 1 aliphatic carbocycles. The average Bonchev–Trinajstić information content (AvgIpc) is 3.41. The van der Waals surface area contributed by atoms with Gasteiger partial charge in [-0.3, -0.25) is 0 Å². The van der Waals surface area contributed by atoms with E-state index < -0.39 is 5.97 Å². The smallest absolute Gasteiger partial charge is 0.335 e. The number of aromatic nitrogens is 3. The second-order valence-corrected chi connectivity index (χ2v) is 10.6. The Bertz CT molecular complexity index is 1870. The van der Waals surface area contributed by atoms with Gasteiger partial charge in [-0.2, -0.15) is 0 Å². The van der Waals surface area contributed by atoms with Gasteiger partial charge in [0.1, 0.15) is 17.3 Å². The highest BCUT2D eigenvalue weighted by atomic mass is 16.5. The van der Waals surface area contributed by atoms with E-state index in [4.69, 9.17) is 14.7 Å². The second-order valence-electron chi connectivity index (χ2n) is 10.6. The van der Waals surface area contributed by atoms with Crippen molar-refractivity contribution in [1.82, 2.24) is 14.5 Å². The molecule has 202 valence electrons. The summed E-state index contributed by atoms with van der Waals surface area (Å²) in [5.74, 6) is 1.36. The van der Waals surface area contributed by atoms with Crippen molar-refractivity contribution < 1.29 is 14.6 Å². The fourth-order valence-corrected chi connectivity index (χ4v) is 5.93. The Hall–Kier alpha value is -4.97. The number of hydrogen-bond acceptors (Lipinski definition) is 4. The third-order valence-electron chi connectivity index (χ3n) is 7.95. The maximum absolute atomic E-state index is 11.7. The molecular formula is C35H29N3O3. The molecule has 0 spiro atoms. The van der Waals surface area contributed by atoms with Gasteiger partial charge in [0, 0.05) is 28.6 Å². The molecule has 6 heteroatoms. The van der Waals surface area contributed by atoms with Gasteiger partial charge in [0.2, 0.25) is 0 Å². The van der Waals surface area contributed by atoms with Crippen LogP contribution in [0.2, 0.25) is 0 Å². The van der Waals surface area contributed by atoms with Gasteiger partial charge in [-0.1, -0.05) is 67.8 Å². The molecule has 1 saturated carbocycles. The lowest BCUT2D eigenvalue weighted by Gasteiger charge is -2.25. The first-order chi connectivity index (χ1) is 20.1. The van der Waals surface area contributed by atoms with Crippen LogP contribution in [-0.2, 0) is 0 Å². The van der Waals surface area contributed by atoms with Crippen LogP contribution < -0.4 is 4.74 Å².